The van der Waals surface area contributed by atoms with Gasteiger partial charge in [0.1, 0.15) is 0 Å². The Morgan fingerprint density at radius 2 is 0.737 bits per heavy atom. The lowest BCUT2D eigenvalue weighted by Gasteiger charge is -2.24. The van der Waals surface area contributed by atoms with E-state index in [-0.39, 0.29) is 5.41 Å². The Kier molecular flexibility index (Phi) is 6.78. The standard InChI is InChI=1S/C57H38/c1-57(2)51-32-16-31-49(54(51)55-43-25-9-7-22-40(43)41-23-8-14-30-48(41)56(55)57)53-46-28-12-10-26-44(46)52(45-27-11-13-29-47(45)53)37-19-15-18-35(33-37)50-34-36-17-3-4-20-38(36)39-21-5-6-24-42(39)50/h3-34H,1-2H3. The van der Waals surface area contributed by atoms with Crippen molar-refractivity contribution in [3.05, 3.63) is 205 Å². The maximum Gasteiger partial charge on any atom is 0.0165 e. The highest BCUT2D eigenvalue weighted by Gasteiger charge is 2.40. The van der Waals surface area contributed by atoms with Gasteiger partial charge in [0.25, 0.3) is 0 Å². The number of benzene rings is 11. The molecule has 0 unspecified atom stereocenters. The predicted molar refractivity (Wildman–Crippen MR) is 245 cm³/mol. The zero-order valence-corrected chi connectivity index (χ0v) is 32.0. The van der Waals surface area contributed by atoms with E-state index in [4.69, 9.17) is 0 Å². The van der Waals surface area contributed by atoms with E-state index in [9.17, 15) is 0 Å². The van der Waals surface area contributed by atoms with Crippen LogP contribution < -0.4 is 0 Å². The fourth-order valence-electron chi connectivity index (χ4n) is 10.6. The van der Waals surface area contributed by atoms with E-state index >= 15 is 0 Å². The summed E-state index contributed by atoms with van der Waals surface area (Å²) in [6, 6.07) is 72.5. The maximum atomic E-state index is 2.42. The normalized spacial score (nSPS) is 13.2. The highest BCUT2D eigenvalue weighted by molar-refractivity contribution is 6.25. The summed E-state index contributed by atoms with van der Waals surface area (Å²) < 4.78 is 0. The van der Waals surface area contributed by atoms with Crippen LogP contribution in [0.3, 0.4) is 0 Å². The summed E-state index contributed by atoms with van der Waals surface area (Å²) in [5.41, 5.74) is 13.0. The van der Waals surface area contributed by atoms with Gasteiger partial charge in [-0.1, -0.05) is 196 Å². The van der Waals surface area contributed by atoms with E-state index < -0.39 is 0 Å². The van der Waals surface area contributed by atoms with Gasteiger partial charge in [0.2, 0.25) is 0 Å². The van der Waals surface area contributed by atoms with E-state index in [1.165, 1.54) is 120 Å². The van der Waals surface area contributed by atoms with Crippen LogP contribution in [-0.4, -0.2) is 0 Å². The van der Waals surface area contributed by atoms with Crippen molar-refractivity contribution in [1.29, 1.82) is 0 Å². The number of hydrogen-bond donors (Lipinski definition) is 0. The molecule has 0 heterocycles. The highest BCUT2D eigenvalue weighted by atomic mass is 14.4. The minimum Gasteiger partial charge on any atom is -0.0616 e. The second-order valence-electron chi connectivity index (χ2n) is 16.3. The average Bonchev–Trinajstić information content (AvgIpc) is 3.52. The first-order valence-electron chi connectivity index (χ1n) is 20.1. The third kappa shape index (κ3) is 4.50. The predicted octanol–water partition coefficient (Wildman–Crippen LogP) is 15.9. The molecular weight excluding hydrogens is 685 g/mol. The second-order valence-corrected chi connectivity index (χ2v) is 16.3. The van der Waals surface area contributed by atoms with E-state index in [0.29, 0.717) is 0 Å². The van der Waals surface area contributed by atoms with Crippen molar-refractivity contribution in [2.45, 2.75) is 19.3 Å². The fraction of sp³-hybridized carbons (Fsp3) is 0.0526. The van der Waals surface area contributed by atoms with Gasteiger partial charge in [0.05, 0.1) is 0 Å². The molecular formula is C57H38. The van der Waals surface area contributed by atoms with Crippen LogP contribution in [0.1, 0.15) is 25.0 Å². The van der Waals surface area contributed by atoms with Gasteiger partial charge in [-0.3, -0.25) is 0 Å². The van der Waals surface area contributed by atoms with Crippen molar-refractivity contribution in [3.8, 4) is 44.5 Å². The van der Waals surface area contributed by atoms with Crippen molar-refractivity contribution >= 4 is 64.6 Å². The smallest absolute Gasteiger partial charge is 0.0165 e. The first kappa shape index (κ1) is 32.2. The van der Waals surface area contributed by atoms with Gasteiger partial charge >= 0.3 is 0 Å². The van der Waals surface area contributed by atoms with Crippen LogP contribution in [-0.2, 0) is 5.41 Å². The second kappa shape index (κ2) is 12.0. The van der Waals surface area contributed by atoms with Gasteiger partial charge in [-0.05, 0) is 132 Å². The van der Waals surface area contributed by atoms with Gasteiger partial charge in [-0.2, -0.15) is 0 Å². The molecule has 1 aliphatic rings. The number of fused-ring (bicyclic) bond motifs is 13. The zero-order chi connectivity index (χ0) is 37.8. The summed E-state index contributed by atoms with van der Waals surface area (Å²) in [6.45, 7) is 4.85. The van der Waals surface area contributed by atoms with E-state index in [0.717, 1.165) is 0 Å². The minimum absolute atomic E-state index is 0.177. The topological polar surface area (TPSA) is 0 Å². The summed E-state index contributed by atoms with van der Waals surface area (Å²) >= 11 is 0. The van der Waals surface area contributed by atoms with Crippen molar-refractivity contribution in [2.24, 2.45) is 0 Å². The number of hydrogen-bond acceptors (Lipinski definition) is 0. The SMILES string of the molecule is CC1(C)c2cccc(-c3c4ccccc4c(-c4cccc(-c5cc6ccccc6c6ccccc56)c4)c4ccccc34)c2-c2c1c1ccccc1c1ccccc21. The van der Waals surface area contributed by atoms with Gasteiger partial charge in [-0.25, -0.2) is 0 Å². The molecule has 0 spiro atoms. The van der Waals surface area contributed by atoms with E-state index in [2.05, 4.69) is 208 Å². The molecule has 0 saturated heterocycles. The Morgan fingerprint density at radius 1 is 0.281 bits per heavy atom. The molecule has 11 aromatic rings. The van der Waals surface area contributed by atoms with Crippen molar-refractivity contribution in [3.63, 3.8) is 0 Å². The molecule has 12 rings (SSSR count). The van der Waals surface area contributed by atoms with E-state index in [1.54, 1.807) is 0 Å². The molecule has 0 saturated carbocycles. The van der Waals surface area contributed by atoms with Crippen LogP contribution in [0.2, 0.25) is 0 Å². The highest BCUT2D eigenvalue weighted by Crippen LogP contribution is 2.58. The van der Waals surface area contributed by atoms with Crippen LogP contribution in [0.25, 0.3) is 109 Å². The molecule has 0 bridgehead atoms. The Balaban J connectivity index is 1.15. The molecule has 0 atom stereocenters. The first-order chi connectivity index (χ1) is 28.1. The number of rotatable bonds is 3. The molecule has 0 nitrogen and oxygen atoms in total. The summed E-state index contributed by atoms with van der Waals surface area (Å²) in [5, 5.41) is 15.5. The lowest BCUT2D eigenvalue weighted by Crippen LogP contribution is -2.15. The summed E-state index contributed by atoms with van der Waals surface area (Å²) in [6.07, 6.45) is 0. The molecule has 0 amide bonds. The minimum atomic E-state index is -0.177. The lowest BCUT2D eigenvalue weighted by atomic mass is 9.79. The molecule has 11 aromatic carbocycles. The monoisotopic (exact) mass is 722 g/mol. The van der Waals surface area contributed by atoms with Crippen LogP contribution in [0.15, 0.2) is 194 Å². The molecule has 0 aliphatic heterocycles. The summed E-state index contributed by atoms with van der Waals surface area (Å²) in [7, 11) is 0. The third-order valence-corrected chi connectivity index (χ3v) is 13.0. The first-order valence-corrected chi connectivity index (χ1v) is 20.1. The molecule has 0 N–H and O–H groups in total. The third-order valence-electron chi connectivity index (χ3n) is 13.0. The van der Waals surface area contributed by atoms with Crippen LogP contribution in [0, 0.1) is 0 Å². The molecule has 1 aliphatic carbocycles. The largest absolute Gasteiger partial charge is 0.0616 e. The Hall–Kier alpha value is -7.02. The molecule has 0 fully saturated rings. The van der Waals surface area contributed by atoms with Gasteiger partial charge in [0, 0.05) is 5.41 Å². The van der Waals surface area contributed by atoms with Crippen molar-refractivity contribution in [1.82, 2.24) is 0 Å². The summed E-state index contributed by atoms with van der Waals surface area (Å²) in [5.74, 6) is 0. The maximum absolute atomic E-state index is 2.42. The van der Waals surface area contributed by atoms with E-state index in [1.807, 2.05) is 0 Å². The Morgan fingerprint density at radius 3 is 1.39 bits per heavy atom. The average molecular weight is 723 g/mol. The Labute approximate surface area is 332 Å². The molecule has 0 aromatic heterocycles. The summed E-state index contributed by atoms with van der Waals surface area (Å²) in [4.78, 5) is 0. The van der Waals surface area contributed by atoms with Gasteiger partial charge in [-0.15, -0.1) is 0 Å². The van der Waals surface area contributed by atoms with Crippen LogP contribution >= 0.6 is 0 Å². The van der Waals surface area contributed by atoms with Crippen molar-refractivity contribution in [2.75, 3.05) is 0 Å². The molecule has 0 radical (unpaired) electrons. The molecule has 0 heteroatoms. The van der Waals surface area contributed by atoms with Gasteiger partial charge in [0.15, 0.2) is 0 Å². The lowest BCUT2D eigenvalue weighted by molar-refractivity contribution is 0.666. The zero-order valence-electron chi connectivity index (χ0n) is 32.0. The van der Waals surface area contributed by atoms with Crippen molar-refractivity contribution < 1.29 is 0 Å². The quantitative estimate of drug-likeness (QED) is 0.126. The van der Waals surface area contributed by atoms with Gasteiger partial charge < -0.3 is 0 Å². The van der Waals surface area contributed by atoms with Crippen LogP contribution in [0.5, 0.6) is 0 Å². The Bertz CT molecular complexity index is 3430. The van der Waals surface area contributed by atoms with Crippen LogP contribution in [0.4, 0.5) is 0 Å². The molecule has 57 heavy (non-hydrogen) atoms. The molecule has 266 valence electrons. The fourth-order valence-corrected chi connectivity index (χ4v) is 10.6.